The Bertz CT molecular complexity index is 428. The monoisotopic (exact) mass is 232 g/mol. The van der Waals surface area contributed by atoms with Crippen molar-refractivity contribution in [3.63, 3.8) is 0 Å². The van der Waals surface area contributed by atoms with Crippen molar-refractivity contribution in [2.45, 2.75) is 39.2 Å². The molecule has 3 heteroatoms. The molecule has 1 aliphatic carbocycles. The fraction of sp³-hybridized carbons (Fsp3) is 0.500. The summed E-state index contributed by atoms with van der Waals surface area (Å²) in [5.41, 5.74) is 8.10. The summed E-state index contributed by atoms with van der Waals surface area (Å²) in [5.74, 6) is 0.534. The summed E-state index contributed by atoms with van der Waals surface area (Å²) in [5, 5.41) is 3.09. The molecule has 1 aromatic carbocycles. The number of rotatable bonds is 2. The van der Waals surface area contributed by atoms with Crippen LogP contribution in [0.25, 0.3) is 0 Å². The lowest BCUT2D eigenvalue weighted by Crippen LogP contribution is -2.36. The summed E-state index contributed by atoms with van der Waals surface area (Å²) < 4.78 is 0. The number of nitrogens with one attached hydrogen (secondary N) is 1. The van der Waals surface area contributed by atoms with Crippen molar-refractivity contribution in [3.05, 3.63) is 29.3 Å². The number of nitrogens with two attached hydrogens (primary N) is 1. The number of hydrogen-bond acceptors (Lipinski definition) is 2. The molecule has 17 heavy (non-hydrogen) atoms. The van der Waals surface area contributed by atoms with Gasteiger partial charge in [-0.25, -0.2) is 0 Å². The third-order valence-electron chi connectivity index (χ3n) is 3.63. The molecule has 2 unspecified atom stereocenters. The molecule has 2 atom stereocenters. The van der Waals surface area contributed by atoms with Crippen molar-refractivity contribution in [1.82, 2.24) is 5.32 Å². The molecule has 3 nitrogen and oxygen atoms in total. The van der Waals surface area contributed by atoms with Crippen molar-refractivity contribution in [3.8, 4) is 0 Å². The van der Waals surface area contributed by atoms with Crippen molar-refractivity contribution in [2.24, 2.45) is 5.92 Å². The summed E-state index contributed by atoms with van der Waals surface area (Å²) >= 11 is 0. The summed E-state index contributed by atoms with van der Waals surface area (Å²) in [6.45, 7) is 4.16. The van der Waals surface area contributed by atoms with Crippen LogP contribution in [0.4, 0.5) is 5.69 Å². The maximum atomic E-state index is 12.1. The second-order valence-electron chi connectivity index (χ2n) is 5.08. The van der Waals surface area contributed by atoms with Crippen LogP contribution in [-0.2, 0) is 0 Å². The summed E-state index contributed by atoms with van der Waals surface area (Å²) in [6, 6.07) is 5.87. The summed E-state index contributed by atoms with van der Waals surface area (Å²) in [4.78, 5) is 12.1. The molecule has 0 heterocycles. The molecule has 0 aromatic heterocycles. The van der Waals surface area contributed by atoms with Gasteiger partial charge in [0.05, 0.1) is 5.56 Å². The standard InChI is InChI=1S/C14H20N2O/c1-9-6-7-11(12(15)8-9)14(17)16-13-5-3-4-10(13)2/h6-8,10,13H,3-5,15H2,1-2H3,(H,16,17). The Hall–Kier alpha value is -1.51. The Morgan fingerprint density at radius 3 is 2.76 bits per heavy atom. The number of hydrogen-bond donors (Lipinski definition) is 2. The molecule has 1 aromatic rings. The lowest BCUT2D eigenvalue weighted by atomic mass is 10.0. The van der Waals surface area contributed by atoms with Crippen molar-refractivity contribution < 1.29 is 4.79 Å². The summed E-state index contributed by atoms with van der Waals surface area (Å²) in [7, 11) is 0. The van der Waals surface area contributed by atoms with Crippen LogP contribution >= 0.6 is 0 Å². The molecule has 3 N–H and O–H groups in total. The quantitative estimate of drug-likeness (QED) is 0.770. The van der Waals surface area contributed by atoms with E-state index >= 15 is 0 Å². The van der Waals surface area contributed by atoms with E-state index in [0.717, 1.165) is 12.0 Å². The van der Waals surface area contributed by atoms with E-state index in [0.29, 0.717) is 23.2 Å². The van der Waals surface area contributed by atoms with Crippen LogP contribution in [0.15, 0.2) is 18.2 Å². The molecule has 0 radical (unpaired) electrons. The van der Waals surface area contributed by atoms with E-state index in [1.807, 2.05) is 19.1 Å². The molecule has 92 valence electrons. The number of carbonyl (C=O) groups is 1. The number of aryl methyl sites for hydroxylation is 1. The number of amides is 1. The van der Waals surface area contributed by atoms with Crippen LogP contribution in [0.3, 0.4) is 0 Å². The zero-order valence-corrected chi connectivity index (χ0v) is 10.5. The highest BCUT2D eigenvalue weighted by Crippen LogP contribution is 2.25. The van der Waals surface area contributed by atoms with Crippen LogP contribution in [0.5, 0.6) is 0 Å². The van der Waals surface area contributed by atoms with Gasteiger partial charge >= 0.3 is 0 Å². The lowest BCUT2D eigenvalue weighted by Gasteiger charge is -2.18. The van der Waals surface area contributed by atoms with E-state index in [-0.39, 0.29) is 5.91 Å². The topological polar surface area (TPSA) is 55.1 Å². The van der Waals surface area contributed by atoms with Crippen molar-refractivity contribution in [2.75, 3.05) is 5.73 Å². The largest absolute Gasteiger partial charge is 0.398 e. The number of nitrogen functional groups attached to an aromatic ring is 1. The maximum absolute atomic E-state index is 12.1. The Morgan fingerprint density at radius 1 is 1.41 bits per heavy atom. The van der Waals surface area contributed by atoms with Gasteiger partial charge in [-0.15, -0.1) is 0 Å². The van der Waals surface area contributed by atoms with Gasteiger partial charge in [0, 0.05) is 11.7 Å². The van der Waals surface area contributed by atoms with Gasteiger partial charge in [-0.3, -0.25) is 4.79 Å². The van der Waals surface area contributed by atoms with E-state index in [9.17, 15) is 4.79 Å². The molecule has 1 fully saturated rings. The zero-order chi connectivity index (χ0) is 12.4. The van der Waals surface area contributed by atoms with Gasteiger partial charge in [-0.2, -0.15) is 0 Å². The van der Waals surface area contributed by atoms with Gasteiger partial charge in [0.1, 0.15) is 0 Å². The predicted molar refractivity (Wildman–Crippen MR) is 69.9 cm³/mol. The Labute approximate surface area is 102 Å². The number of carbonyl (C=O) groups excluding carboxylic acids is 1. The number of benzene rings is 1. The first-order valence-corrected chi connectivity index (χ1v) is 6.25. The molecular weight excluding hydrogens is 212 g/mol. The van der Waals surface area contributed by atoms with Crippen molar-refractivity contribution in [1.29, 1.82) is 0 Å². The Morgan fingerprint density at radius 2 is 2.18 bits per heavy atom. The van der Waals surface area contributed by atoms with Gasteiger partial charge in [-0.05, 0) is 43.4 Å². The van der Waals surface area contributed by atoms with E-state index in [1.165, 1.54) is 12.8 Å². The van der Waals surface area contributed by atoms with Crippen molar-refractivity contribution >= 4 is 11.6 Å². The fourth-order valence-corrected chi connectivity index (χ4v) is 2.49. The first-order chi connectivity index (χ1) is 8.08. The molecule has 0 spiro atoms. The zero-order valence-electron chi connectivity index (χ0n) is 10.5. The minimum Gasteiger partial charge on any atom is -0.398 e. The van der Waals surface area contributed by atoms with E-state index < -0.39 is 0 Å². The maximum Gasteiger partial charge on any atom is 0.253 e. The third kappa shape index (κ3) is 2.60. The van der Waals surface area contributed by atoms with Gasteiger partial charge in [-0.1, -0.05) is 19.4 Å². The predicted octanol–water partition coefficient (Wildman–Crippen LogP) is 2.50. The second kappa shape index (κ2) is 4.78. The minimum absolute atomic E-state index is 0.0405. The van der Waals surface area contributed by atoms with E-state index in [2.05, 4.69) is 12.2 Å². The molecular formula is C14H20N2O. The van der Waals surface area contributed by atoms with Crippen LogP contribution in [0, 0.1) is 12.8 Å². The highest BCUT2D eigenvalue weighted by atomic mass is 16.1. The van der Waals surface area contributed by atoms with Crippen LogP contribution in [-0.4, -0.2) is 11.9 Å². The first-order valence-electron chi connectivity index (χ1n) is 6.25. The molecule has 1 aliphatic rings. The highest BCUT2D eigenvalue weighted by molar-refractivity contribution is 5.99. The van der Waals surface area contributed by atoms with Gasteiger partial charge in [0.2, 0.25) is 0 Å². The lowest BCUT2D eigenvalue weighted by molar-refractivity contribution is 0.0930. The average Bonchev–Trinajstić information content (AvgIpc) is 2.64. The normalized spacial score (nSPS) is 23.6. The first kappa shape index (κ1) is 12.0. The van der Waals surface area contributed by atoms with Crippen LogP contribution in [0.1, 0.15) is 42.1 Å². The smallest absolute Gasteiger partial charge is 0.253 e. The van der Waals surface area contributed by atoms with E-state index in [1.54, 1.807) is 6.07 Å². The molecule has 2 rings (SSSR count). The summed E-state index contributed by atoms with van der Waals surface area (Å²) in [6.07, 6.45) is 3.49. The van der Waals surface area contributed by atoms with Crippen LogP contribution in [0.2, 0.25) is 0 Å². The highest BCUT2D eigenvalue weighted by Gasteiger charge is 2.25. The average molecular weight is 232 g/mol. The molecule has 0 saturated heterocycles. The Balaban J connectivity index is 2.09. The molecule has 1 saturated carbocycles. The fourth-order valence-electron chi connectivity index (χ4n) is 2.49. The van der Waals surface area contributed by atoms with Gasteiger partial charge < -0.3 is 11.1 Å². The third-order valence-corrected chi connectivity index (χ3v) is 3.63. The minimum atomic E-state index is -0.0405. The van der Waals surface area contributed by atoms with E-state index in [4.69, 9.17) is 5.73 Å². The number of anilines is 1. The second-order valence-corrected chi connectivity index (χ2v) is 5.08. The SMILES string of the molecule is Cc1ccc(C(=O)NC2CCCC2C)c(N)c1. The van der Waals surface area contributed by atoms with Crippen LogP contribution < -0.4 is 11.1 Å². The molecule has 1 amide bonds. The van der Waals surface area contributed by atoms with Gasteiger partial charge in [0.25, 0.3) is 5.91 Å². The Kier molecular flexibility index (Phi) is 3.36. The molecule has 0 bridgehead atoms. The molecule has 0 aliphatic heterocycles. The van der Waals surface area contributed by atoms with Gasteiger partial charge in [0.15, 0.2) is 0 Å².